The van der Waals surface area contributed by atoms with Gasteiger partial charge in [0.25, 0.3) is 5.91 Å². The lowest BCUT2D eigenvalue weighted by molar-refractivity contribution is -0.116. The number of likely N-dealkylation sites (N-methyl/N-ethyl adjacent to an activating group) is 1. The summed E-state index contributed by atoms with van der Waals surface area (Å²) in [5, 5.41) is 3.71. The van der Waals surface area contributed by atoms with Gasteiger partial charge >= 0.3 is 0 Å². The average molecular weight is 447 g/mol. The van der Waals surface area contributed by atoms with E-state index in [-0.39, 0.29) is 18.2 Å². The van der Waals surface area contributed by atoms with Crippen LogP contribution in [0.25, 0.3) is 11.3 Å². The van der Waals surface area contributed by atoms with Crippen molar-refractivity contribution in [1.82, 2.24) is 4.90 Å². The summed E-state index contributed by atoms with van der Waals surface area (Å²) in [6.45, 7) is 1.97. The first kappa shape index (κ1) is 21.7. The number of anilines is 1. The van der Waals surface area contributed by atoms with Gasteiger partial charge in [0, 0.05) is 17.1 Å². The molecule has 2 amide bonds. The first-order chi connectivity index (χ1) is 14.4. The molecular weight excluding hydrogens is 427 g/mol. The number of hydrogen-bond acceptors (Lipinski definition) is 4. The van der Waals surface area contributed by atoms with E-state index in [0.29, 0.717) is 39.4 Å². The molecule has 0 bridgehead atoms. The molecule has 3 aromatic rings. The standard InChI is InChI=1S/C22H20Cl2N2O4/c1-3-26(13-21(27)25-17-6-4-5-7-19(17)29-2)22(28)20-11-10-18(30-20)15-12-14(23)8-9-16(15)24/h4-12H,3,13H2,1-2H3,(H,25,27). The molecule has 0 saturated heterocycles. The normalized spacial score (nSPS) is 10.5. The molecule has 0 unspecified atom stereocenters. The lowest BCUT2D eigenvalue weighted by Crippen LogP contribution is -2.37. The van der Waals surface area contributed by atoms with Crippen molar-refractivity contribution in [2.24, 2.45) is 0 Å². The Balaban J connectivity index is 1.73. The van der Waals surface area contributed by atoms with Crippen molar-refractivity contribution in [3.05, 3.63) is 70.4 Å². The maximum atomic E-state index is 12.9. The molecule has 2 aromatic carbocycles. The number of carbonyl (C=O) groups is 2. The summed E-state index contributed by atoms with van der Waals surface area (Å²) in [7, 11) is 1.52. The molecule has 1 heterocycles. The maximum absolute atomic E-state index is 12.9. The molecule has 0 saturated carbocycles. The van der Waals surface area contributed by atoms with E-state index in [1.165, 1.54) is 12.0 Å². The zero-order valence-corrected chi connectivity index (χ0v) is 18.0. The number of para-hydroxylation sites is 2. The summed E-state index contributed by atoms with van der Waals surface area (Å²) in [6, 6.07) is 15.2. The van der Waals surface area contributed by atoms with E-state index in [2.05, 4.69) is 5.32 Å². The zero-order valence-electron chi connectivity index (χ0n) is 16.4. The molecule has 0 atom stereocenters. The molecule has 0 aliphatic carbocycles. The predicted octanol–water partition coefficient (Wildman–Crippen LogP) is 5.36. The molecule has 6 nitrogen and oxygen atoms in total. The number of carbonyl (C=O) groups excluding carboxylic acids is 2. The average Bonchev–Trinajstić information content (AvgIpc) is 3.23. The number of ether oxygens (including phenoxy) is 1. The minimum absolute atomic E-state index is 0.105. The van der Waals surface area contributed by atoms with Crippen LogP contribution in [-0.2, 0) is 4.79 Å². The number of benzene rings is 2. The van der Waals surface area contributed by atoms with E-state index in [1.54, 1.807) is 61.5 Å². The van der Waals surface area contributed by atoms with Gasteiger partial charge in [-0.2, -0.15) is 0 Å². The Morgan fingerprint density at radius 2 is 1.87 bits per heavy atom. The highest BCUT2D eigenvalue weighted by Gasteiger charge is 2.22. The van der Waals surface area contributed by atoms with E-state index in [4.69, 9.17) is 32.4 Å². The monoisotopic (exact) mass is 446 g/mol. The maximum Gasteiger partial charge on any atom is 0.290 e. The molecule has 1 N–H and O–H groups in total. The Morgan fingerprint density at radius 1 is 1.10 bits per heavy atom. The summed E-state index contributed by atoms with van der Waals surface area (Å²) in [5.74, 6) is 0.305. The van der Waals surface area contributed by atoms with Crippen molar-refractivity contribution in [1.29, 1.82) is 0 Å². The number of rotatable bonds is 7. The lowest BCUT2D eigenvalue weighted by Gasteiger charge is -2.19. The third kappa shape index (κ3) is 4.96. The molecule has 3 rings (SSSR count). The summed E-state index contributed by atoms with van der Waals surface area (Å²) >= 11 is 12.2. The van der Waals surface area contributed by atoms with E-state index < -0.39 is 5.91 Å². The zero-order chi connectivity index (χ0) is 21.7. The minimum atomic E-state index is -0.405. The number of methoxy groups -OCH3 is 1. The fourth-order valence-electron chi connectivity index (χ4n) is 2.88. The quantitative estimate of drug-likeness (QED) is 0.529. The number of furan rings is 1. The summed E-state index contributed by atoms with van der Waals surface area (Å²) in [6.07, 6.45) is 0. The number of amides is 2. The van der Waals surface area contributed by atoms with Crippen LogP contribution in [0.1, 0.15) is 17.5 Å². The third-order valence-corrected chi connectivity index (χ3v) is 4.96. The molecule has 30 heavy (non-hydrogen) atoms. The van der Waals surface area contributed by atoms with Gasteiger partial charge in [0.05, 0.1) is 17.8 Å². The van der Waals surface area contributed by atoms with Crippen molar-refractivity contribution in [3.63, 3.8) is 0 Å². The first-order valence-corrected chi connectivity index (χ1v) is 9.96. The summed E-state index contributed by atoms with van der Waals surface area (Å²) in [4.78, 5) is 26.7. The smallest absolute Gasteiger partial charge is 0.290 e. The molecule has 0 aliphatic rings. The van der Waals surface area contributed by atoms with Gasteiger partial charge in [-0.3, -0.25) is 9.59 Å². The fraction of sp³-hybridized carbons (Fsp3) is 0.182. The van der Waals surface area contributed by atoms with Crippen LogP contribution in [0.2, 0.25) is 10.0 Å². The summed E-state index contributed by atoms with van der Waals surface area (Å²) in [5.41, 5.74) is 1.12. The highest BCUT2D eigenvalue weighted by Crippen LogP contribution is 2.32. The highest BCUT2D eigenvalue weighted by molar-refractivity contribution is 6.35. The second kappa shape index (κ2) is 9.69. The van der Waals surface area contributed by atoms with Gasteiger partial charge in [-0.15, -0.1) is 0 Å². The van der Waals surface area contributed by atoms with Crippen LogP contribution >= 0.6 is 23.2 Å². The topological polar surface area (TPSA) is 71.8 Å². The Kier molecular flexibility index (Phi) is 7.03. The van der Waals surface area contributed by atoms with Crippen molar-refractivity contribution in [2.45, 2.75) is 6.92 Å². The number of nitrogens with one attached hydrogen (secondary N) is 1. The second-order valence-corrected chi connectivity index (χ2v) is 7.20. The molecule has 0 aliphatic heterocycles. The van der Waals surface area contributed by atoms with Crippen molar-refractivity contribution in [3.8, 4) is 17.1 Å². The fourth-order valence-corrected chi connectivity index (χ4v) is 3.26. The molecule has 156 valence electrons. The van der Waals surface area contributed by atoms with Crippen LogP contribution in [0.5, 0.6) is 5.75 Å². The SMILES string of the molecule is CCN(CC(=O)Nc1ccccc1OC)C(=O)c1ccc(-c2cc(Cl)ccc2Cl)o1. The van der Waals surface area contributed by atoms with Gasteiger partial charge in [-0.25, -0.2) is 0 Å². The highest BCUT2D eigenvalue weighted by atomic mass is 35.5. The lowest BCUT2D eigenvalue weighted by atomic mass is 10.2. The summed E-state index contributed by atoms with van der Waals surface area (Å²) < 4.78 is 10.9. The van der Waals surface area contributed by atoms with Gasteiger partial charge in [-0.1, -0.05) is 35.3 Å². The van der Waals surface area contributed by atoms with E-state index in [9.17, 15) is 9.59 Å². The Morgan fingerprint density at radius 3 is 2.60 bits per heavy atom. The van der Waals surface area contributed by atoms with Crippen LogP contribution in [0.4, 0.5) is 5.69 Å². The molecule has 0 radical (unpaired) electrons. The van der Waals surface area contributed by atoms with Crippen molar-refractivity contribution < 1.29 is 18.7 Å². The number of halogens is 2. The van der Waals surface area contributed by atoms with Gasteiger partial charge < -0.3 is 19.4 Å². The van der Waals surface area contributed by atoms with Crippen LogP contribution in [0.3, 0.4) is 0 Å². The molecule has 8 heteroatoms. The molecule has 0 fully saturated rings. The van der Waals surface area contributed by atoms with Crippen molar-refractivity contribution in [2.75, 3.05) is 25.5 Å². The minimum Gasteiger partial charge on any atom is -0.495 e. The largest absolute Gasteiger partial charge is 0.495 e. The van der Waals surface area contributed by atoms with Crippen LogP contribution in [-0.4, -0.2) is 36.9 Å². The van der Waals surface area contributed by atoms with Gasteiger partial charge in [0.2, 0.25) is 5.91 Å². The van der Waals surface area contributed by atoms with E-state index in [0.717, 1.165) is 0 Å². The van der Waals surface area contributed by atoms with E-state index >= 15 is 0 Å². The van der Waals surface area contributed by atoms with Crippen molar-refractivity contribution >= 4 is 40.7 Å². The Labute approximate surface area is 184 Å². The third-order valence-electron chi connectivity index (χ3n) is 4.40. The number of hydrogen-bond donors (Lipinski definition) is 1. The first-order valence-electron chi connectivity index (χ1n) is 9.20. The van der Waals surface area contributed by atoms with E-state index in [1.807, 2.05) is 0 Å². The van der Waals surface area contributed by atoms with Crippen LogP contribution in [0, 0.1) is 0 Å². The molecule has 0 spiro atoms. The van der Waals surface area contributed by atoms with Gasteiger partial charge in [0.15, 0.2) is 5.76 Å². The van der Waals surface area contributed by atoms with Crippen LogP contribution < -0.4 is 10.1 Å². The Hall–Kier alpha value is -2.96. The number of nitrogens with zero attached hydrogens (tertiary/aromatic N) is 1. The van der Waals surface area contributed by atoms with Gasteiger partial charge in [0.1, 0.15) is 18.1 Å². The van der Waals surface area contributed by atoms with Gasteiger partial charge in [-0.05, 0) is 49.4 Å². The molecule has 1 aromatic heterocycles. The predicted molar refractivity (Wildman–Crippen MR) is 117 cm³/mol. The second-order valence-electron chi connectivity index (χ2n) is 6.36. The van der Waals surface area contributed by atoms with Crippen LogP contribution in [0.15, 0.2) is 59.0 Å². The molecular formula is C22H20Cl2N2O4. The Bertz CT molecular complexity index is 1060.